The van der Waals surface area contributed by atoms with E-state index in [0.717, 1.165) is 16.9 Å². The fourth-order valence-electron chi connectivity index (χ4n) is 2.00. The van der Waals surface area contributed by atoms with Crippen LogP contribution in [-0.4, -0.2) is 13.1 Å². The molecule has 0 bridgehead atoms. The Hall–Kier alpha value is -2.29. The maximum atomic E-state index is 11.4. The summed E-state index contributed by atoms with van der Waals surface area (Å²) in [5, 5.41) is 0. The molecule has 1 atom stereocenters. The number of rotatable bonds is 4. The van der Waals surface area contributed by atoms with E-state index in [-0.39, 0.29) is 11.9 Å². The third-order valence-electron chi connectivity index (χ3n) is 3.20. The minimum absolute atomic E-state index is 0.00327. The topological polar surface area (TPSA) is 35.5 Å². The van der Waals surface area contributed by atoms with Gasteiger partial charge < -0.3 is 9.47 Å². The highest BCUT2D eigenvalue weighted by molar-refractivity contribution is 5.70. The van der Waals surface area contributed by atoms with Gasteiger partial charge in [0.2, 0.25) is 0 Å². The molecule has 1 aromatic rings. The van der Waals surface area contributed by atoms with Crippen molar-refractivity contribution < 1.29 is 14.3 Å². The van der Waals surface area contributed by atoms with Gasteiger partial charge in [-0.15, -0.1) is 0 Å². The predicted molar refractivity (Wildman–Crippen MR) is 78.3 cm³/mol. The number of para-hydroxylation sites is 1. The number of aryl methyl sites for hydroxylation is 1. The van der Waals surface area contributed by atoms with Gasteiger partial charge in [0.25, 0.3) is 0 Å². The molecule has 0 heterocycles. The van der Waals surface area contributed by atoms with Crippen molar-refractivity contribution in [2.24, 2.45) is 5.92 Å². The van der Waals surface area contributed by atoms with Crippen LogP contribution in [0.1, 0.15) is 12.0 Å². The van der Waals surface area contributed by atoms with Crippen LogP contribution < -0.4 is 4.74 Å². The Morgan fingerprint density at radius 2 is 2.10 bits per heavy atom. The number of esters is 1. The first-order chi connectivity index (χ1) is 9.70. The molecular formula is C17H18O3. The average Bonchev–Trinajstić information content (AvgIpc) is 2.47. The zero-order chi connectivity index (χ0) is 14.4. The number of carbonyl (C=O) groups excluding carboxylic acids is 1. The fourth-order valence-corrected chi connectivity index (χ4v) is 2.00. The summed E-state index contributed by atoms with van der Waals surface area (Å²) in [6.07, 6.45) is 9.81. The van der Waals surface area contributed by atoms with E-state index in [1.54, 1.807) is 6.26 Å². The van der Waals surface area contributed by atoms with Gasteiger partial charge in [-0.1, -0.05) is 42.5 Å². The van der Waals surface area contributed by atoms with E-state index in [0.29, 0.717) is 6.42 Å². The lowest BCUT2D eigenvalue weighted by atomic mass is 9.92. The zero-order valence-electron chi connectivity index (χ0n) is 11.7. The first kappa shape index (κ1) is 14.1. The van der Waals surface area contributed by atoms with Crippen LogP contribution in [0.5, 0.6) is 5.75 Å². The van der Waals surface area contributed by atoms with E-state index in [4.69, 9.17) is 9.47 Å². The van der Waals surface area contributed by atoms with Gasteiger partial charge in [0.15, 0.2) is 0 Å². The van der Waals surface area contributed by atoms with Gasteiger partial charge >= 0.3 is 5.97 Å². The van der Waals surface area contributed by atoms with Crippen molar-refractivity contribution in [2.75, 3.05) is 7.11 Å². The van der Waals surface area contributed by atoms with Gasteiger partial charge in [-0.3, -0.25) is 4.79 Å². The molecule has 1 aromatic carbocycles. The third kappa shape index (κ3) is 3.60. The maximum absolute atomic E-state index is 11.4. The maximum Gasteiger partial charge on any atom is 0.306 e. The van der Waals surface area contributed by atoms with E-state index < -0.39 is 0 Å². The van der Waals surface area contributed by atoms with Crippen LogP contribution in [0, 0.1) is 12.8 Å². The van der Waals surface area contributed by atoms with Crippen molar-refractivity contribution in [3.8, 4) is 5.75 Å². The molecule has 1 aliphatic rings. The number of allylic oxidation sites excluding steroid dienone is 5. The number of methoxy groups -OCH3 is 1. The van der Waals surface area contributed by atoms with Crippen LogP contribution in [-0.2, 0) is 9.53 Å². The SMILES string of the molecule is COC(=O)CC1C=CC=CC1=COc1ccccc1C. The largest absolute Gasteiger partial charge is 0.469 e. The van der Waals surface area contributed by atoms with E-state index in [1.807, 2.05) is 55.5 Å². The Morgan fingerprint density at radius 1 is 1.30 bits per heavy atom. The molecule has 3 heteroatoms. The minimum Gasteiger partial charge on any atom is -0.469 e. The summed E-state index contributed by atoms with van der Waals surface area (Å²) in [6.45, 7) is 2.00. The molecule has 3 nitrogen and oxygen atoms in total. The lowest BCUT2D eigenvalue weighted by Crippen LogP contribution is -2.11. The highest BCUT2D eigenvalue weighted by atomic mass is 16.5. The third-order valence-corrected chi connectivity index (χ3v) is 3.20. The standard InChI is InChI=1S/C17H18O3/c1-13-7-3-6-10-16(13)20-12-15-9-5-4-8-14(15)11-17(18)19-2/h3-10,12,14H,11H2,1-2H3. The van der Waals surface area contributed by atoms with Crippen LogP contribution >= 0.6 is 0 Å². The summed E-state index contributed by atoms with van der Waals surface area (Å²) in [4.78, 5) is 11.4. The molecule has 0 aliphatic heterocycles. The number of carbonyl (C=O) groups is 1. The molecular weight excluding hydrogens is 252 g/mol. The van der Waals surface area contributed by atoms with Crippen molar-refractivity contribution in [3.05, 3.63) is 66.0 Å². The fraction of sp³-hybridized carbons (Fsp3) is 0.235. The molecule has 20 heavy (non-hydrogen) atoms. The number of hydrogen-bond acceptors (Lipinski definition) is 3. The molecule has 0 radical (unpaired) electrons. The Kier molecular flexibility index (Phi) is 4.77. The second kappa shape index (κ2) is 6.75. The molecule has 0 aromatic heterocycles. The van der Waals surface area contributed by atoms with Crippen molar-refractivity contribution >= 4 is 5.97 Å². The Balaban J connectivity index is 2.11. The lowest BCUT2D eigenvalue weighted by Gasteiger charge is -2.16. The second-order valence-corrected chi connectivity index (χ2v) is 4.63. The van der Waals surface area contributed by atoms with Crippen LogP contribution in [0.3, 0.4) is 0 Å². The molecule has 0 fully saturated rings. The van der Waals surface area contributed by atoms with Gasteiger partial charge in [-0.2, -0.15) is 0 Å². The van der Waals surface area contributed by atoms with Gasteiger partial charge in [0.05, 0.1) is 19.8 Å². The normalized spacial score (nSPS) is 19.1. The monoisotopic (exact) mass is 270 g/mol. The first-order valence-electron chi connectivity index (χ1n) is 6.54. The number of ether oxygens (including phenoxy) is 2. The van der Waals surface area contributed by atoms with Crippen molar-refractivity contribution in [1.29, 1.82) is 0 Å². The summed E-state index contributed by atoms with van der Waals surface area (Å²) in [5.74, 6) is 0.591. The smallest absolute Gasteiger partial charge is 0.306 e. The van der Waals surface area contributed by atoms with Gasteiger partial charge in [0.1, 0.15) is 5.75 Å². The lowest BCUT2D eigenvalue weighted by molar-refractivity contribution is -0.141. The average molecular weight is 270 g/mol. The molecule has 1 aliphatic carbocycles. The van der Waals surface area contributed by atoms with Gasteiger partial charge in [-0.05, 0) is 24.1 Å². The summed E-state index contributed by atoms with van der Waals surface area (Å²) in [5.41, 5.74) is 2.03. The van der Waals surface area contributed by atoms with E-state index in [9.17, 15) is 4.79 Å². The van der Waals surface area contributed by atoms with Gasteiger partial charge in [-0.25, -0.2) is 0 Å². The molecule has 1 unspecified atom stereocenters. The summed E-state index contributed by atoms with van der Waals surface area (Å²) in [7, 11) is 1.40. The Morgan fingerprint density at radius 3 is 2.85 bits per heavy atom. The van der Waals surface area contributed by atoms with E-state index in [1.165, 1.54) is 7.11 Å². The van der Waals surface area contributed by atoms with Crippen LogP contribution in [0.25, 0.3) is 0 Å². The van der Waals surface area contributed by atoms with E-state index >= 15 is 0 Å². The second-order valence-electron chi connectivity index (χ2n) is 4.63. The summed E-state index contributed by atoms with van der Waals surface area (Å²) in [6, 6.07) is 7.82. The Labute approximate surface area is 119 Å². The summed E-state index contributed by atoms with van der Waals surface area (Å²) >= 11 is 0. The first-order valence-corrected chi connectivity index (χ1v) is 6.54. The predicted octanol–water partition coefficient (Wildman–Crippen LogP) is 3.56. The van der Waals surface area contributed by atoms with Crippen LogP contribution in [0.4, 0.5) is 0 Å². The molecule has 0 saturated carbocycles. The highest BCUT2D eigenvalue weighted by Gasteiger charge is 2.16. The minimum atomic E-state index is -0.225. The molecule has 0 spiro atoms. The highest BCUT2D eigenvalue weighted by Crippen LogP contribution is 2.24. The molecule has 0 amide bonds. The molecule has 2 rings (SSSR count). The zero-order valence-corrected chi connectivity index (χ0v) is 11.7. The van der Waals surface area contributed by atoms with Crippen LogP contribution in [0.2, 0.25) is 0 Å². The van der Waals surface area contributed by atoms with Gasteiger partial charge in [0, 0.05) is 5.92 Å². The molecule has 0 N–H and O–H groups in total. The van der Waals surface area contributed by atoms with Crippen molar-refractivity contribution in [3.63, 3.8) is 0 Å². The molecule has 0 saturated heterocycles. The van der Waals surface area contributed by atoms with Crippen molar-refractivity contribution in [1.82, 2.24) is 0 Å². The summed E-state index contributed by atoms with van der Waals surface area (Å²) < 4.78 is 10.4. The molecule has 104 valence electrons. The van der Waals surface area contributed by atoms with Crippen LogP contribution in [0.15, 0.2) is 60.4 Å². The number of hydrogen-bond donors (Lipinski definition) is 0. The Bertz CT molecular complexity index is 567. The quantitative estimate of drug-likeness (QED) is 0.620. The number of benzene rings is 1. The van der Waals surface area contributed by atoms with E-state index in [2.05, 4.69) is 0 Å². The van der Waals surface area contributed by atoms with Crippen molar-refractivity contribution in [2.45, 2.75) is 13.3 Å².